The van der Waals surface area contributed by atoms with Crippen LogP contribution in [0.1, 0.15) is 40.9 Å². The van der Waals surface area contributed by atoms with Gasteiger partial charge in [-0.15, -0.1) is 0 Å². The fourth-order valence-electron chi connectivity index (χ4n) is 4.84. The molecular formula is C30H29N3O3. The Labute approximate surface area is 211 Å². The number of aromatic nitrogens is 1. The molecule has 1 atom stereocenters. The number of nitrogens with zero attached hydrogens (tertiary/aromatic N) is 2. The summed E-state index contributed by atoms with van der Waals surface area (Å²) in [6.45, 7) is 4.69. The monoisotopic (exact) mass is 479 g/mol. The standard InChI is InChI=1S/C30H29N3O3/c1-3-36-28(34)19-22-14-16-24(17-15-22)31-30(35)33-20-23-10-5-7-12-26(23)32-18-8-13-27(32)29(33)25-11-6-4-9-21(25)2/h4-18,29H,3,19-20H2,1-2H3,(H,31,35)/t29-/m1/s1. The zero-order valence-electron chi connectivity index (χ0n) is 20.5. The van der Waals surface area contributed by atoms with Crippen LogP contribution in [0.15, 0.2) is 91.1 Å². The number of urea groups is 1. The van der Waals surface area contributed by atoms with Gasteiger partial charge < -0.3 is 19.5 Å². The molecule has 0 fully saturated rings. The number of esters is 1. The Hall–Kier alpha value is -4.32. The average Bonchev–Trinajstić information content (AvgIpc) is 3.30. The molecule has 6 nitrogen and oxygen atoms in total. The molecule has 0 saturated carbocycles. The van der Waals surface area contributed by atoms with Crippen LogP contribution in [0.2, 0.25) is 0 Å². The van der Waals surface area contributed by atoms with E-state index < -0.39 is 0 Å². The molecule has 0 bridgehead atoms. The summed E-state index contributed by atoms with van der Waals surface area (Å²) in [4.78, 5) is 27.5. The predicted molar refractivity (Wildman–Crippen MR) is 140 cm³/mol. The van der Waals surface area contributed by atoms with E-state index >= 15 is 0 Å². The number of amides is 2. The average molecular weight is 480 g/mol. The molecule has 3 aromatic carbocycles. The van der Waals surface area contributed by atoms with Gasteiger partial charge in [-0.05, 0) is 66.4 Å². The van der Waals surface area contributed by atoms with Gasteiger partial charge in [0.05, 0.1) is 25.3 Å². The first kappa shape index (κ1) is 23.4. The number of aryl methyl sites for hydroxylation is 1. The van der Waals surface area contributed by atoms with Gasteiger partial charge >= 0.3 is 12.0 Å². The van der Waals surface area contributed by atoms with Crippen molar-refractivity contribution in [2.24, 2.45) is 0 Å². The SMILES string of the molecule is CCOC(=O)Cc1ccc(NC(=O)N2Cc3ccccc3-n3cccc3[C@H]2c2ccccc2C)cc1. The van der Waals surface area contributed by atoms with Gasteiger partial charge in [0.15, 0.2) is 0 Å². The summed E-state index contributed by atoms with van der Waals surface area (Å²) in [5.41, 5.74) is 6.91. The number of anilines is 1. The Morgan fingerprint density at radius 3 is 2.47 bits per heavy atom. The van der Waals surface area contributed by atoms with Gasteiger partial charge in [0.2, 0.25) is 0 Å². The van der Waals surface area contributed by atoms with Crippen molar-refractivity contribution in [2.75, 3.05) is 11.9 Å². The smallest absolute Gasteiger partial charge is 0.322 e. The predicted octanol–water partition coefficient (Wildman–Crippen LogP) is 6.03. The number of ether oxygens (including phenoxy) is 1. The highest BCUT2D eigenvalue weighted by Crippen LogP contribution is 2.38. The van der Waals surface area contributed by atoms with E-state index in [9.17, 15) is 9.59 Å². The largest absolute Gasteiger partial charge is 0.466 e. The van der Waals surface area contributed by atoms with E-state index in [2.05, 4.69) is 53.3 Å². The Bertz CT molecular complexity index is 1390. The zero-order valence-corrected chi connectivity index (χ0v) is 20.5. The highest BCUT2D eigenvalue weighted by molar-refractivity contribution is 5.90. The van der Waals surface area contributed by atoms with Gasteiger partial charge in [-0.2, -0.15) is 0 Å². The van der Waals surface area contributed by atoms with E-state index in [4.69, 9.17) is 4.74 Å². The molecular weight excluding hydrogens is 450 g/mol. The van der Waals surface area contributed by atoms with E-state index in [0.717, 1.165) is 33.6 Å². The van der Waals surface area contributed by atoms with E-state index in [1.807, 2.05) is 59.5 Å². The highest BCUT2D eigenvalue weighted by Gasteiger charge is 2.33. The van der Waals surface area contributed by atoms with Crippen molar-refractivity contribution in [3.63, 3.8) is 0 Å². The molecule has 6 heteroatoms. The van der Waals surface area contributed by atoms with Crippen molar-refractivity contribution >= 4 is 17.7 Å². The number of carbonyl (C=O) groups is 2. The van der Waals surface area contributed by atoms with Crippen LogP contribution in [-0.2, 0) is 22.5 Å². The van der Waals surface area contributed by atoms with Crippen LogP contribution in [0.5, 0.6) is 0 Å². The molecule has 1 aliphatic heterocycles. The van der Waals surface area contributed by atoms with Crippen molar-refractivity contribution < 1.29 is 14.3 Å². The maximum Gasteiger partial charge on any atom is 0.322 e. The van der Waals surface area contributed by atoms with Crippen molar-refractivity contribution in [3.05, 3.63) is 119 Å². The maximum atomic E-state index is 13.8. The number of hydrogen-bond acceptors (Lipinski definition) is 3. The number of nitrogens with one attached hydrogen (secondary N) is 1. The summed E-state index contributed by atoms with van der Waals surface area (Å²) in [6, 6.07) is 27.4. The van der Waals surface area contributed by atoms with Crippen molar-refractivity contribution in [1.29, 1.82) is 0 Å². The molecule has 0 aliphatic carbocycles. The molecule has 2 heterocycles. The Morgan fingerprint density at radius 2 is 1.69 bits per heavy atom. The molecule has 2 amide bonds. The molecule has 1 aliphatic rings. The number of para-hydroxylation sites is 1. The third kappa shape index (κ3) is 4.62. The van der Waals surface area contributed by atoms with Crippen molar-refractivity contribution in [2.45, 2.75) is 32.9 Å². The van der Waals surface area contributed by atoms with E-state index in [-0.39, 0.29) is 24.5 Å². The minimum atomic E-state index is -0.267. The minimum absolute atomic E-state index is 0.189. The summed E-state index contributed by atoms with van der Waals surface area (Å²) < 4.78 is 7.21. The second-order valence-corrected chi connectivity index (χ2v) is 8.93. The van der Waals surface area contributed by atoms with Crippen molar-refractivity contribution in [1.82, 2.24) is 9.47 Å². The normalized spacial score (nSPS) is 14.4. The third-order valence-corrected chi connectivity index (χ3v) is 6.57. The molecule has 0 radical (unpaired) electrons. The number of benzene rings is 3. The van der Waals surface area contributed by atoms with Gasteiger partial charge in [0.25, 0.3) is 0 Å². The van der Waals surface area contributed by atoms with E-state index in [1.165, 1.54) is 0 Å². The molecule has 0 spiro atoms. The fourth-order valence-corrected chi connectivity index (χ4v) is 4.84. The molecule has 0 saturated heterocycles. The molecule has 1 N–H and O–H groups in total. The minimum Gasteiger partial charge on any atom is -0.466 e. The first-order valence-electron chi connectivity index (χ1n) is 12.2. The summed E-state index contributed by atoms with van der Waals surface area (Å²) in [6.07, 6.45) is 2.26. The van der Waals surface area contributed by atoms with Crippen LogP contribution < -0.4 is 5.32 Å². The molecule has 5 rings (SSSR count). The quantitative estimate of drug-likeness (QED) is 0.356. The van der Waals surface area contributed by atoms with Gasteiger partial charge in [-0.1, -0.05) is 54.6 Å². The number of hydrogen-bond donors (Lipinski definition) is 1. The number of carbonyl (C=O) groups excluding carboxylic acids is 2. The molecule has 1 aromatic heterocycles. The van der Waals surface area contributed by atoms with Crippen LogP contribution in [-0.4, -0.2) is 28.1 Å². The Balaban J connectivity index is 1.49. The lowest BCUT2D eigenvalue weighted by Crippen LogP contribution is -2.38. The third-order valence-electron chi connectivity index (χ3n) is 6.57. The molecule has 182 valence electrons. The maximum absolute atomic E-state index is 13.8. The fraction of sp³-hybridized carbons (Fsp3) is 0.200. The topological polar surface area (TPSA) is 63.6 Å². The van der Waals surface area contributed by atoms with E-state index in [1.54, 1.807) is 6.92 Å². The molecule has 36 heavy (non-hydrogen) atoms. The summed E-state index contributed by atoms with van der Waals surface area (Å²) in [5, 5.41) is 3.08. The summed E-state index contributed by atoms with van der Waals surface area (Å²) >= 11 is 0. The van der Waals surface area contributed by atoms with Crippen LogP contribution >= 0.6 is 0 Å². The van der Waals surface area contributed by atoms with Crippen LogP contribution in [0.25, 0.3) is 5.69 Å². The van der Waals surface area contributed by atoms with Gasteiger partial charge in [-0.3, -0.25) is 4.79 Å². The first-order chi connectivity index (χ1) is 17.5. The lowest BCUT2D eigenvalue weighted by Gasteiger charge is -2.32. The number of fused-ring (bicyclic) bond motifs is 3. The summed E-state index contributed by atoms with van der Waals surface area (Å²) in [5.74, 6) is -0.262. The van der Waals surface area contributed by atoms with E-state index in [0.29, 0.717) is 18.8 Å². The van der Waals surface area contributed by atoms with Crippen LogP contribution in [0.4, 0.5) is 10.5 Å². The Kier molecular flexibility index (Phi) is 6.58. The van der Waals surface area contributed by atoms with Gasteiger partial charge in [-0.25, -0.2) is 4.79 Å². The van der Waals surface area contributed by atoms with Crippen molar-refractivity contribution in [3.8, 4) is 5.69 Å². The lowest BCUT2D eigenvalue weighted by atomic mass is 9.97. The second kappa shape index (κ2) is 10.1. The zero-order chi connectivity index (χ0) is 25.1. The van der Waals surface area contributed by atoms with Crippen LogP contribution in [0, 0.1) is 6.92 Å². The molecule has 0 unspecified atom stereocenters. The van der Waals surface area contributed by atoms with Gasteiger partial charge in [0.1, 0.15) is 6.04 Å². The first-order valence-corrected chi connectivity index (χ1v) is 12.2. The molecule has 4 aromatic rings. The summed E-state index contributed by atoms with van der Waals surface area (Å²) in [7, 11) is 0. The Morgan fingerprint density at radius 1 is 0.944 bits per heavy atom. The van der Waals surface area contributed by atoms with Gasteiger partial charge in [0, 0.05) is 17.6 Å². The lowest BCUT2D eigenvalue weighted by molar-refractivity contribution is -0.142. The number of rotatable bonds is 5. The second-order valence-electron chi connectivity index (χ2n) is 8.93. The van der Waals surface area contributed by atoms with Crippen LogP contribution in [0.3, 0.4) is 0 Å². The highest BCUT2D eigenvalue weighted by atomic mass is 16.5.